The van der Waals surface area contributed by atoms with E-state index in [2.05, 4.69) is 10.6 Å². The Balaban J connectivity index is 1.05. The molecular weight excluding hydrogens is 516 g/mol. The average Bonchev–Trinajstić information content (AvgIpc) is 3.63. The molecule has 0 saturated carbocycles. The molecule has 6 rings (SSSR count). The van der Waals surface area contributed by atoms with Crippen molar-refractivity contribution in [3.05, 3.63) is 59.7 Å². The van der Waals surface area contributed by atoms with Gasteiger partial charge < -0.3 is 25.2 Å². The van der Waals surface area contributed by atoms with E-state index in [4.69, 9.17) is 4.74 Å². The maximum Gasteiger partial charge on any atom is 0.315 e. The fourth-order valence-corrected chi connectivity index (χ4v) is 7.48. The van der Waals surface area contributed by atoms with E-state index in [1.165, 1.54) is 0 Å². The Morgan fingerprint density at radius 1 is 0.949 bits per heavy atom. The minimum absolute atomic E-state index is 0.0753. The number of nitrogens with zero attached hydrogens (tertiary/aromatic N) is 2. The van der Waals surface area contributed by atoms with Gasteiger partial charge in [0, 0.05) is 35.6 Å². The van der Waals surface area contributed by atoms with Crippen LogP contribution < -0.4 is 20.4 Å². The molecule has 2 N–H and O–H groups in total. The van der Waals surface area contributed by atoms with Gasteiger partial charge in [0.05, 0.1) is 41.1 Å². The van der Waals surface area contributed by atoms with Crippen LogP contribution in [0, 0.1) is 0 Å². The van der Waals surface area contributed by atoms with E-state index in [0.29, 0.717) is 40.5 Å². The van der Waals surface area contributed by atoms with E-state index in [1.807, 2.05) is 60.3 Å². The van der Waals surface area contributed by atoms with Gasteiger partial charge in [0.15, 0.2) is 0 Å². The number of amides is 4. The molecule has 0 unspecified atom stereocenters. The van der Waals surface area contributed by atoms with Crippen LogP contribution in [0.5, 0.6) is 0 Å². The zero-order chi connectivity index (χ0) is 27.1. The second-order valence-corrected chi connectivity index (χ2v) is 11.5. The summed E-state index contributed by atoms with van der Waals surface area (Å²) in [6.07, 6.45) is 2.85. The van der Waals surface area contributed by atoms with E-state index in [9.17, 15) is 19.2 Å². The number of benzene rings is 2. The van der Waals surface area contributed by atoms with Gasteiger partial charge in [-0.15, -0.1) is 0 Å². The normalized spacial score (nSPS) is 24.9. The predicted octanol–water partition coefficient (Wildman–Crippen LogP) is 3.19. The lowest BCUT2D eigenvalue weighted by atomic mass is 9.96. The Labute approximate surface area is 230 Å². The largest absolute Gasteiger partial charge is 0.464 e. The topological polar surface area (TPSA) is 108 Å². The highest BCUT2D eigenvalue weighted by atomic mass is 32.2. The van der Waals surface area contributed by atoms with E-state index < -0.39 is 0 Å². The van der Waals surface area contributed by atoms with Crippen molar-refractivity contribution in [1.29, 1.82) is 0 Å². The number of hydrogen-bond donors (Lipinski definition) is 2. The SMILES string of the molecule is CN1C(=O)/C(=C2/C(=O)N(CCOC(=O)CCCC[C@@H]3SC[C@@H]4NC(=O)N[C@@H]43)c3ccccc32)c2ccccc21. The van der Waals surface area contributed by atoms with Crippen LogP contribution in [0.2, 0.25) is 0 Å². The van der Waals surface area contributed by atoms with Crippen LogP contribution in [0.15, 0.2) is 48.5 Å². The summed E-state index contributed by atoms with van der Waals surface area (Å²) < 4.78 is 5.48. The molecule has 39 heavy (non-hydrogen) atoms. The second kappa shape index (κ2) is 10.4. The van der Waals surface area contributed by atoms with E-state index in [-0.39, 0.29) is 49.1 Å². The molecule has 202 valence electrons. The first-order valence-corrected chi connectivity index (χ1v) is 14.4. The Hall–Kier alpha value is -3.79. The van der Waals surface area contributed by atoms with Crippen molar-refractivity contribution in [3.8, 4) is 0 Å². The number of hydrogen-bond acceptors (Lipinski definition) is 6. The van der Waals surface area contributed by atoms with Gasteiger partial charge in [-0.3, -0.25) is 14.4 Å². The molecule has 0 bridgehead atoms. The van der Waals surface area contributed by atoms with Gasteiger partial charge in [0.1, 0.15) is 6.61 Å². The molecule has 0 aliphatic carbocycles. The van der Waals surface area contributed by atoms with Crippen molar-refractivity contribution in [2.75, 3.05) is 35.8 Å². The smallest absolute Gasteiger partial charge is 0.315 e. The van der Waals surface area contributed by atoms with Gasteiger partial charge in [-0.2, -0.15) is 11.8 Å². The van der Waals surface area contributed by atoms with Crippen LogP contribution >= 0.6 is 11.8 Å². The Kier molecular flexibility index (Phi) is 6.80. The summed E-state index contributed by atoms with van der Waals surface area (Å²) in [5.41, 5.74) is 3.74. The predicted molar refractivity (Wildman–Crippen MR) is 150 cm³/mol. The lowest BCUT2D eigenvalue weighted by molar-refractivity contribution is -0.143. The first kappa shape index (κ1) is 25.5. The number of thioether (sulfide) groups is 1. The summed E-state index contributed by atoms with van der Waals surface area (Å²) in [7, 11) is 1.71. The summed E-state index contributed by atoms with van der Waals surface area (Å²) >= 11 is 1.87. The van der Waals surface area contributed by atoms with Crippen LogP contribution in [0.3, 0.4) is 0 Å². The number of para-hydroxylation sites is 2. The van der Waals surface area contributed by atoms with Gasteiger partial charge in [0.2, 0.25) is 0 Å². The van der Waals surface area contributed by atoms with E-state index in [0.717, 1.165) is 29.8 Å². The molecule has 2 aromatic rings. The zero-order valence-electron chi connectivity index (χ0n) is 21.6. The highest BCUT2D eigenvalue weighted by Gasteiger charge is 2.43. The molecule has 2 fully saturated rings. The number of anilines is 2. The first-order chi connectivity index (χ1) is 18.9. The van der Waals surface area contributed by atoms with Crippen LogP contribution in [0.25, 0.3) is 11.1 Å². The molecule has 4 heterocycles. The third-order valence-electron chi connectivity index (χ3n) is 7.86. The quantitative estimate of drug-likeness (QED) is 0.228. The molecule has 0 spiro atoms. The minimum Gasteiger partial charge on any atom is -0.464 e. The number of carbonyl (C=O) groups is 4. The zero-order valence-corrected chi connectivity index (χ0v) is 22.5. The number of ether oxygens (including phenoxy) is 1. The van der Waals surface area contributed by atoms with Gasteiger partial charge >= 0.3 is 12.0 Å². The van der Waals surface area contributed by atoms with E-state index >= 15 is 0 Å². The summed E-state index contributed by atoms with van der Waals surface area (Å²) in [6, 6.07) is 15.2. The summed E-state index contributed by atoms with van der Waals surface area (Å²) in [6.45, 7) is 0.282. The fourth-order valence-electron chi connectivity index (χ4n) is 5.94. The van der Waals surface area contributed by atoms with Crippen molar-refractivity contribution in [3.63, 3.8) is 0 Å². The number of fused-ring (bicyclic) bond motifs is 3. The van der Waals surface area contributed by atoms with Gasteiger partial charge in [-0.25, -0.2) is 4.79 Å². The fraction of sp³-hybridized carbons (Fsp3) is 0.379. The number of unbranched alkanes of at least 4 members (excludes halogenated alkanes) is 1. The number of carbonyl (C=O) groups excluding carboxylic acids is 4. The van der Waals surface area contributed by atoms with Crippen LogP contribution in [0.1, 0.15) is 36.8 Å². The highest BCUT2D eigenvalue weighted by molar-refractivity contribution is 8.00. The third-order valence-corrected chi connectivity index (χ3v) is 9.37. The lowest BCUT2D eigenvalue weighted by Gasteiger charge is -2.17. The number of esters is 1. The van der Waals surface area contributed by atoms with Crippen LogP contribution in [-0.4, -0.2) is 67.1 Å². The molecule has 4 aliphatic rings. The van der Waals surface area contributed by atoms with E-state index in [1.54, 1.807) is 16.8 Å². The minimum atomic E-state index is -0.289. The molecule has 3 atom stereocenters. The monoisotopic (exact) mass is 546 g/mol. The van der Waals surface area contributed by atoms with Crippen molar-refractivity contribution >= 4 is 58.1 Å². The van der Waals surface area contributed by atoms with Crippen LogP contribution in [0.4, 0.5) is 16.2 Å². The number of likely N-dealkylation sites (N-methyl/N-ethyl adjacent to an activating group) is 1. The molecule has 0 radical (unpaired) electrons. The summed E-state index contributed by atoms with van der Waals surface area (Å²) in [4.78, 5) is 53.9. The van der Waals surface area contributed by atoms with Gasteiger partial charge in [0.25, 0.3) is 11.8 Å². The van der Waals surface area contributed by atoms with Crippen molar-refractivity contribution in [2.45, 2.75) is 43.0 Å². The van der Waals surface area contributed by atoms with Crippen LogP contribution in [-0.2, 0) is 19.1 Å². The van der Waals surface area contributed by atoms with Crippen molar-refractivity contribution < 1.29 is 23.9 Å². The summed E-state index contributed by atoms with van der Waals surface area (Å²) in [5, 5.41) is 6.30. The van der Waals surface area contributed by atoms with Gasteiger partial charge in [-0.05, 0) is 25.0 Å². The van der Waals surface area contributed by atoms with Crippen molar-refractivity contribution in [2.24, 2.45) is 0 Å². The lowest BCUT2D eigenvalue weighted by Crippen LogP contribution is -2.36. The standard InChI is InChI=1S/C29H30N4O5S/c1-32-20-10-4-2-8-17(20)24(27(32)35)25-18-9-3-5-11-21(18)33(28(25)36)14-15-38-23(34)13-7-6-12-22-26-19(16-39-22)30-29(37)31-26/h2-5,8-11,19,22,26H,6-7,12-16H2,1H3,(H2,30,31,37)/b25-24+/t19-,22-,26-/m0/s1. The summed E-state index contributed by atoms with van der Waals surface area (Å²) in [5.74, 6) is 0.162. The maximum absolute atomic E-state index is 13.6. The van der Waals surface area contributed by atoms with Crippen molar-refractivity contribution in [1.82, 2.24) is 10.6 Å². The maximum atomic E-state index is 13.6. The third kappa shape index (κ3) is 4.56. The molecule has 2 aromatic carbocycles. The number of urea groups is 1. The molecule has 4 amide bonds. The van der Waals surface area contributed by atoms with Gasteiger partial charge in [-0.1, -0.05) is 42.8 Å². The number of nitrogens with one attached hydrogen (secondary N) is 2. The molecular formula is C29H30N4O5S. The Morgan fingerprint density at radius 2 is 1.64 bits per heavy atom. The first-order valence-electron chi connectivity index (χ1n) is 13.3. The highest BCUT2D eigenvalue weighted by Crippen LogP contribution is 2.45. The Morgan fingerprint density at radius 3 is 2.44 bits per heavy atom. The molecule has 2 saturated heterocycles. The molecule has 9 nitrogen and oxygen atoms in total. The average molecular weight is 547 g/mol. The Bertz CT molecular complexity index is 1390. The molecule has 0 aromatic heterocycles. The second-order valence-electron chi connectivity index (χ2n) is 10.2. The number of rotatable bonds is 8. The molecule has 10 heteroatoms. The molecule has 4 aliphatic heterocycles.